The standard InChI is InChI=1S/C32H45N3O6S/c1-33(2)42(37,38)35(22-24-10-14-27(39-3)15-11-24)30-18-19-34-31(30)23-41-28-16-12-25(13-17-28)26-7-6-8-29(21-26)40-20-5-4-9-32(34)36/h6-8,10-11,14-15,21,25,28,30-31H,4-5,9,12-13,16-20,22-23H2,1-3H3/t25?,28?,30?,31-/m0/s1. The Labute approximate surface area is 250 Å². The van der Waals surface area contributed by atoms with Gasteiger partial charge < -0.3 is 19.1 Å². The van der Waals surface area contributed by atoms with E-state index in [0.29, 0.717) is 50.7 Å². The molecule has 6 rings (SSSR count). The number of hydrogen-bond donors (Lipinski definition) is 0. The third kappa shape index (κ3) is 7.10. The maximum absolute atomic E-state index is 13.7. The van der Waals surface area contributed by atoms with Gasteiger partial charge in [0, 0.05) is 33.6 Å². The molecule has 1 saturated carbocycles. The number of amides is 1. The first kappa shape index (κ1) is 30.8. The maximum Gasteiger partial charge on any atom is 0.282 e. The summed E-state index contributed by atoms with van der Waals surface area (Å²) in [5.41, 5.74) is 2.17. The molecule has 4 aliphatic rings. The predicted octanol–water partition coefficient (Wildman–Crippen LogP) is 4.58. The van der Waals surface area contributed by atoms with Gasteiger partial charge >= 0.3 is 0 Å². The zero-order valence-corrected chi connectivity index (χ0v) is 25.9. The summed E-state index contributed by atoms with van der Waals surface area (Å²) in [6.45, 7) is 1.60. The van der Waals surface area contributed by atoms with E-state index < -0.39 is 16.3 Å². The van der Waals surface area contributed by atoms with Crippen LogP contribution in [0.4, 0.5) is 0 Å². The summed E-state index contributed by atoms with van der Waals surface area (Å²) in [5.74, 6) is 2.13. The molecule has 42 heavy (non-hydrogen) atoms. The van der Waals surface area contributed by atoms with Crippen LogP contribution in [0.25, 0.3) is 0 Å². The van der Waals surface area contributed by atoms with Gasteiger partial charge in [0.2, 0.25) is 5.91 Å². The first-order valence-electron chi connectivity index (χ1n) is 15.2. The molecule has 1 aliphatic carbocycles. The van der Waals surface area contributed by atoms with E-state index in [0.717, 1.165) is 43.4 Å². The highest BCUT2D eigenvalue weighted by atomic mass is 32.2. The van der Waals surface area contributed by atoms with Crippen molar-refractivity contribution >= 4 is 16.1 Å². The Balaban J connectivity index is 1.39. The van der Waals surface area contributed by atoms with E-state index in [1.807, 2.05) is 35.2 Å². The van der Waals surface area contributed by atoms with Crippen molar-refractivity contribution in [2.45, 2.75) is 82.0 Å². The minimum Gasteiger partial charge on any atom is -0.497 e. The SMILES string of the molecule is COc1ccc(CN(C2CCN3C(=O)CCCCOc4cccc(c4)C4CCC(CC4)OC[C@@H]23)S(=O)(=O)N(C)C)cc1. The fourth-order valence-corrected chi connectivity index (χ4v) is 7.86. The van der Waals surface area contributed by atoms with Crippen molar-refractivity contribution in [3.05, 3.63) is 59.7 Å². The number of ether oxygens (including phenoxy) is 3. The zero-order chi connectivity index (χ0) is 29.7. The monoisotopic (exact) mass is 599 g/mol. The van der Waals surface area contributed by atoms with Gasteiger partial charge in [0.25, 0.3) is 10.2 Å². The second kappa shape index (κ2) is 13.8. The quantitative estimate of drug-likeness (QED) is 0.483. The number of rotatable bonds is 6. The number of hydrogen-bond acceptors (Lipinski definition) is 6. The molecule has 1 saturated heterocycles. The summed E-state index contributed by atoms with van der Waals surface area (Å²) in [5, 5.41) is 0. The third-order valence-electron chi connectivity index (χ3n) is 9.02. The number of nitrogens with zero attached hydrogens (tertiary/aromatic N) is 3. The van der Waals surface area contributed by atoms with E-state index in [1.54, 1.807) is 25.5 Å². The lowest BCUT2D eigenvalue weighted by Gasteiger charge is -2.37. The predicted molar refractivity (Wildman–Crippen MR) is 162 cm³/mol. The fourth-order valence-electron chi connectivity index (χ4n) is 6.54. The second-order valence-corrected chi connectivity index (χ2v) is 14.0. The molecule has 1 unspecified atom stereocenters. The van der Waals surface area contributed by atoms with Crippen LogP contribution in [0.2, 0.25) is 0 Å². The Kier molecular flexibility index (Phi) is 10.1. The summed E-state index contributed by atoms with van der Waals surface area (Å²) in [6.07, 6.45) is 6.48. The number of benzene rings is 2. The first-order valence-corrected chi connectivity index (χ1v) is 16.6. The molecule has 0 radical (unpaired) electrons. The van der Waals surface area contributed by atoms with Crippen LogP contribution in [0.15, 0.2) is 48.5 Å². The van der Waals surface area contributed by atoms with Crippen LogP contribution in [-0.4, -0.2) is 87.0 Å². The van der Waals surface area contributed by atoms with Crippen LogP contribution in [0.3, 0.4) is 0 Å². The third-order valence-corrected chi connectivity index (χ3v) is 10.9. The minimum absolute atomic E-state index is 0.0489. The molecule has 2 aromatic carbocycles. The molecule has 2 aromatic rings. The molecule has 0 spiro atoms. The van der Waals surface area contributed by atoms with Gasteiger partial charge in [0.1, 0.15) is 11.5 Å². The molecule has 4 bridgehead atoms. The van der Waals surface area contributed by atoms with E-state index in [4.69, 9.17) is 14.2 Å². The average molecular weight is 600 g/mol. The number of carbonyl (C=O) groups is 1. The van der Waals surface area contributed by atoms with Crippen LogP contribution in [-0.2, 0) is 26.3 Å². The van der Waals surface area contributed by atoms with Gasteiger partial charge in [-0.3, -0.25) is 4.79 Å². The highest BCUT2D eigenvalue weighted by Gasteiger charge is 2.45. The lowest BCUT2D eigenvalue weighted by molar-refractivity contribution is -0.134. The molecular formula is C32H45N3O6S. The summed E-state index contributed by atoms with van der Waals surface area (Å²) < 4.78 is 48.2. The fraction of sp³-hybridized carbons (Fsp3) is 0.594. The normalized spacial score (nSPS) is 25.7. The van der Waals surface area contributed by atoms with Crippen molar-refractivity contribution in [3.8, 4) is 11.5 Å². The molecule has 1 amide bonds. The molecule has 2 atom stereocenters. The summed E-state index contributed by atoms with van der Waals surface area (Å²) >= 11 is 0. The first-order chi connectivity index (χ1) is 20.3. The van der Waals surface area contributed by atoms with E-state index in [2.05, 4.69) is 18.2 Å². The molecule has 0 aromatic heterocycles. The number of carbonyl (C=O) groups excluding carboxylic acids is 1. The van der Waals surface area contributed by atoms with Gasteiger partial charge in [-0.1, -0.05) is 24.3 Å². The minimum atomic E-state index is -3.79. The van der Waals surface area contributed by atoms with Gasteiger partial charge in [-0.15, -0.1) is 0 Å². The highest BCUT2D eigenvalue weighted by Crippen LogP contribution is 2.36. The van der Waals surface area contributed by atoms with Gasteiger partial charge in [-0.25, -0.2) is 0 Å². The molecule has 230 valence electrons. The van der Waals surface area contributed by atoms with Crippen molar-refractivity contribution in [1.82, 2.24) is 13.5 Å². The van der Waals surface area contributed by atoms with Crippen molar-refractivity contribution in [2.75, 3.05) is 41.0 Å². The van der Waals surface area contributed by atoms with E-state index >= 15 is 0 Å². The molecule has 3 heterocycles. The summed E-state index contributed by atoms with van der Waals surface area (Å²) in [6, 6.07) is 15.1. The Bertz CT molecular complexity index is 1290. The molecule has 9 nitrogen and oxygen atoms in total. The Morgan fingerprint density at radius 1 is 1.00 bits per heavy atom. The molecule has 2 fully saturated rings. The smallest absolute Gasteiger partial charge is 0.282 e. The van der Waals surface area contributed by atoms with Gasteiger partial charge in [-0.2, -0.15) is 17.0 Å². The number of fused-ring (bicyclic) bond motifs is 8. The van der Waals surface area contributed by atoms with E-state index in [9.17, 15) is 13.2 Å². The Morgan fingerprint density at radius 2 is 1.76 bits per heavy atom. The maximum atomic E-state index is 13.7. The molecule has 3 aliphatic heterocycles. The number of methoxy groups -OCH3 is 1. The molecule has 10 heteroatoms. The highest BCUT2D eigenvalue weighted by molar-refractivity contribution is 7.86. The van der Waals surface area contributed by atoms with Gasteiger partial charge in [0.15, 0.2) is 0 Å². The van der Waals surface area contributed by atoms with Crippen LogP contribution >= 0.6 is 0 Å². The van der Waals surface area contributed by atoms with Crippen LogP contribution in [0, 0.1) is 0 Å². The van der Waals surface area contributed by atoms with Crippen LogP contribution in [0.1, 0.15) is 68.4 Å². The van der Waals surface area contributed by atoms with Crippen LogP contribution in [0.5, 0.6) is 11.5 Å². The summed E-state index contributed by atoms with van der Waals surface area (Å²) in [4.78, 5) is 15.4. The zero-order valence-electron chi connectivity index (χ0n) is 25.1. The van der Waals surface area contributed by atoms with E-state index in [-0.39, 0.29) is 24.6 Å². The molecular weight excluding hydrogens is 554 g/mol. The Morgan fingerprint density at radius 3 is 2.48 bits per heavy atom. The summed E-state index contributed by atoms with van der Waals surface area (Å²) in [7, 11) is 0.934. The van der Waals surface area contributed by atoms with E-state index in [1.165, 1.54) is 9.87 Å². The van der Waals surface area contributed by atoms with Crippen molar-refractivity contribution in [3.63, 3.8) is 0 Å². The average Bonchev–Trinajstić information content (AvgIpc) is 3.42. The topological polar surface area (TPSA) is 88.6 Å². The van der Waals surface area contributed by atoms with Crippen LogP contribution < -0.4 is 9.47 Å². The van der Waals surface area contributed by atoms with Gasteiger partial charge in [0.05, 0.1) is 38.5 Å². The lowest BCUT2D eigenvalue weighted by atomic mass is 9.82. The second-order valence-electron chi connectivity index (χ2n) is 11.9. The van der Waals surface area contributed by atoms with Crippen molar-refractivity contribution in [2.24, 2.45) is 0 Å². The van der Waals surface area contributed by atoms with Crippen molar-refractivity contribution in [1.29, 1.82) is 0 Å². The van der Waals surface area contributed by atoms with Crippen molar-refractivity contribution < 1.29 is 27.4 Å². The Hall–Kier alpha value is -2.66. The molecule has 0 N–H and O–H groups in total. The van der Waals surface area contributed by atoms with Gasteiger partial charge in [-0.05, 0) is 86.3 Å². The lowest BCUT2D eigenvalue weighted by Crippen LogP contribution is -2.53. The largest absolute Gasteiger partial charge is 0.497 e.